The van der Waals surface area contributed by atoms with E-state index in [1.807, 2.05) is 0 Å². The summed E-state index contributed by atoms with van der Waals surface area (Å²) < 4.78 is 9.92. The Morgan fingerprint density at radius 2 is 1.95 bits per heavy atom. The minimum absolute atomic E-state index is 0.334. The number of esters is 1. The van der Waals surface area contributed by atoms with Crippen LogP contribution in [-0.4, -0.2) is 37.1 Å². The van der Waals surface area contributed by atoms with E-state index < -0.39 is 30.5 Å². The number of nitrogens with one attached hydrogen (secondary N) is 2. The number of hydrazine groups is 1. The maximum absolute atomic E-state index is 11.7. The molecule has 2 amide bonds. The van der Waals surface area contributed by atoms with E-state index >= 15 is 0 Å². The van der Waals surface area contributed by atoms with Gasteiger partial charge in [-0.25, -0.2) is 4.79 Å². The third-order valence-corrected chi connectivity index (χ3v) is 3.21. The Hall–Kier alpha value is -2.12. The summed E-state index contributed by atoms with van der Waals surface area (Å²) in [6, 6.07) is 6.14. The molecule has 0 spiro atoms. The average molecular weight is 327 g/mol. The lowest BCUT2D eigenvalue weighted by molar-refractivity contribution is -0.157. The first-order valence-corrected chi connectivity index (χ1v) is 7.07. The van der Waals surface area contributed by atoms with Gasteiger partial charge in [0.2, 0.25) is 0 Å². The number of ether oxygens (including phenoxy) is 2. The van der Waals surface area contributed by atoms with Crippen LogP contribution in [0.2, 0.25) is 5.02 Å². The molecular formula is C14H15ClN2O5. The minimum atomic E-state index is -0.645. The molecule has 1 fully saturated rings. The zero-order valence-electron chi connectivity index (χ0n) is 11.6. The van der Waals surface area contributed by atoms with E-state index in [4.69, 9.17) is 21.1 Å². The Balaban J connectivity index is 1.69. The summed E-state index contributed by atoms with van der Waals surface area (Å²) in [7, 11) is 0. The third-order valence-electron chi connectivity index (χ3n) is 2.96. The highest BCUT2D eigenvalue weighted by Crippen LogP contribution is 2.13. The van der Waals surface area contributed by atoms with Crippen LogP contribution in [0.1, 0.15) is 23.2 Å². The van der Waals surface area contributed by atoms with Crippen LogP contribution < -0.4 is 10.9 Å². The lowest BCUT2D eigenvalue weighted by atomic mass is 10.2. The van der Waals surface area contributed by atoms with Crippen molar-refractivity contribution in [2.75, 3.05) is 13.2 Å². The van der Waals surface area contributed by atoms with Gasteiger partial charge in [-0.1, -0.05) is 11.6 Å². The summed E-state index contributed by atoms with van der Waals surface area (Å²) in [5.41, 5.74) is 4.69. The van der Waals surface area contributed by atoms with Crippen LogP contribution >= 0.6 is 11.6 Å². The molecule has 1 aliphatic rings. The second-order valence-electron chi connectivity index (χ2n) is 4.62. The molecule has 0 aromatic heterocycles. The number of carbonyl (C=O) groups is 3. The van der Waals surface area contributed by atoms with Gasteiger partial charge in [-0.05, 0) is 37.1 Å². The third kappa shape index (κ3) is 4.71. The molecule has 0 radical (unpaired) electrons. The number of amides is 2. The lowest BCUT2D eigenvalue weighted by Crippen LogP contribution is -2.44. The average Bonchev–Trinajstić information content (AvgIpc) is 3.05. The van der Waals surface area contributed by atoms with Crippen molar-refractivity contribution < 1.29 is 23.9 Å². The van der Waals surface area contributed by atoms with Crippen molar-refractivity contribution in [3.05, 3.63) is 34.9 Å². The fourth-order valence-corrected chi connectivity index (χ4v) is 1.96. The van der Waals surface area contributed by atoms with Crippen LogP contribution in [0.25, 0.3) is 0 Å². The van der Waals surface area contributed by atoms with E-state index in [0.717, 1.165) is 6.42 Å². The molecule has 0 bridgehead atoms. The lowest BCUT2D eigenvalue weighted by Gasteiger charge is -2.10. The SMILES string of the molecule is O=C(COC(=O)[C@H]1CCCO1)NNC(=O)c1ccc(Cl)cc1. The molecule has 8 heteroatoms. The zero-order chi connectivity index (χ0) is 15.9. The number of carbonyl (C=O) groups excluding carboxylic acids is 3. The Bertz CT molecular complexity index is 555. The molecule has 1 aliphatic heterocycles. The normalized spacial score (nSPS) is 16.9. The van der Waals surface area contributed by atoms with E-state index in [1.54, 1.807) is 12.1 Å². The Morgan fingerprint density at radius 1 is 1.23 bits per heavy atom. The van der Waals surface area contributed by atoms with Crippen LogP contribution in [-0.2, 0) is 19.1 Å². The number of rotatable bonds is 4. The highest BCUT2D eigenvalue weighted by atomic mass is 35.5. The Labute approximate surface area is 131 Å². The predicted molar refractivity (Wildman–Crippen MR) is 77.0 cm³/mol. The predicted octanol–water partition coefficient (Wildman–Crippen LogP) is 0.823. The second kappa shape index (κ2) is 7.77. The van der Waals surface area contributed by atoms with Gasteiger partial charge in [0, 0.05) is 17.2 Å². The zero-order valence-corrected chi connectivity index (χ0v) is 12.4. The number of benzene rings is 1. The first kappa shape index (κ1) is 16.3. The van der Waals surface area contributed by atoms with Crippen LogP contribution in [0, 0.1) is 0 Å². The van der Waals surface area contributed by atoms with Gasteiger partial charge in [-0.3, -0.25) is 20.4 Å². The van der Waals surface area contributed by atoms with E-state index in [-0.39, 0.29) is 0 Å². The molecule has 22 heavy (non-hydrogen) atoms. The van der Waals surface area contributed by atoms with Crippen LogP contribution in [0.3, 0.4) is 0 Å². The summed E-state index contributed by atoms with van der Waals surface area (Å²) in [6.07, 6.45) is 0.785. The van der Waals surface area contributed by atoms with Crippen molar-refractivity contribution in [3.63, 3.8) is 0 Å². The summed E-state index contributed by atoms with van der Waals surface area (Å²) in [5.74, 6) is -1.72. The van der Waals surface area contributed by atoms with Gasteiger partial charge in [-0.2, -0.15) is 0 Å². The van der Waals surface area contributed by atoms with E-state index in [2.05, 4.69) is 10.9 Å². The molecule has 1 aromatic rings. The van der Waals surface area contributed by atoms with Crippen molar-refractivity contribution >= 4 is 29.4 Å². The molecule has 1 saturated heterocycles. The van der Waals surface area contributed by atoms with Crippen LogP contribution in [0.4, 0.5) is 0 Å². The standard InChI is InChI=1S/C14H15ClN2O5/c15-10-5-3-9(4-6-10)13(19)17-16-12(18)8-22-14(20)11-2-1-7-21-11/h3-6,11H,1-2,7-8H2,(H,16,18)(H,17,19)/t11-/m1/s1. The molecule has 2 rings (SSSR count). The van der Waals surface area contributed by atoms with Gasteiger partial charge < -0.3 is 9.47 Å². The summed E-state index contributed by atoms with van der Waals surface area (Å²) in [6.45, 7) is 0.0305. The van der Waals surface area contributed by atoms with Crippen molar-refractivity contribution in [2.24, 2.45) is 0 Å². The molecule has 0 saturated carbocycles. The highest BCUT2D eigenvalue weighted by Gasteiger charge is 2.25. The monoisotopic (exact) mass is 326 g/mol. The Morgan fingerprint density at radius 3 is 2.59 bits per heavy atom. The highest BCUT2D eigenvalue weighted by molar-refractivity contribution is 6.30. The minimum Gasteiger partial charge on any atom is -0.454 e. The number of halogens is 1. The smallest absolute Gasteiger partial charge is 0.335 e. The quantitative estimate of drug-likeness (QED) is 0.631. The molecule has 1 atom stereocenters. The molecule has 7 nitrogen and oxygen atoms in total. The van der Waals surface area contributed by atoms with Crippen LogP contribution in [0.5, 0.6) is 0 Å². The molecule has 0 unspecified atom stereocenters. The van der Waals surface area contributed by atoms with Crippen LogP contribution in [0.15, 0.2) is 24.3 Å². The van der Waals surface area contributed by atoms with E-state index in [1.165, 1.54) is 12.1 Å². The fraction of sp³-hybridized carbons (Fsp3) is 0.357. The van der Waals surface area contributed by atoms with E-state index in [9.17, 15) is 14.4 Å². The Kier molecular flexibility index (Phi) is 5.74. The van der Waals surface area contributed by atoms with Crippen molar-refractivity contribution in [2.45, 2.75) is 18.9 Å². The van der Waals surface area contributed by atoms with Gasteiger partial charge in [-0.15, -0.1) is 0 Å². The largest absolute Gasteiger partial charge is 0.454 e. The van der Waals surface area contributed by atoms with Crippen molar-refractivity contribution in [1.82, 2.24) is 10.9 Å². The molecule has 0 aliphatic carbocycles. The summed E-state index contributed by atoms with van der Waals surface area (Å²) in [5, 5.41) is 0.502. The van der Waals surface area contributed by atoms with Gasteiger partial charge in [0.1, 0.15) is 0 Å². The molecular weight excluding hydrogens is 312 g/mol. The second-order valence-corrected chi connectivity index (χ2v) is 5.06. The first-order chi connectivity index (χ1) is 10.6. The van der Waals surface area contributed by atoms with Gasteiger partial charge >= 0.3 is 5.97 Å². The molecule has 1 aromatic carbocycles. The van der Waals surface area contributed by atoms with Crippen molar-refractivity contribution in [3.8, 4) is 0 Å². The molecule has 2 N–H and O–H groups in total. The maximum Gasteiger partial charge on any atom is 0.335 e. The van der Waals surface area contributed by atoms with Gasteiger partial charge in [0.25, 0.3) is 11.8 Å². The molecule has 1 heterocycles. The summed E-state index contributed by atoms with van der Waals surface area (Å²) in [4.78, 5) is 34.7. The number of hydrogen-bond acceptors (Lipinski definition) is 5. The van der Waals surface area contributed by atoms with Gasteiger partial charge in [0.05, 0.1) is 0 Å². The maximum atomic E-state index is 11.7. The fourth-order valence-electron chi connectivity index (χ4n) is 1.83. The first-order valence-electron chi connectivity index (χ1n) is 6.69. The topological polar surface area (TPSA) is 93.7 Å². The molecule has 118 valence electrons. The summed E-state index contributed by atoms with van der Waals surface area (Å²) >= 11 is 5.71. The van der Waals surface area contributed by atoms with E-state index in [0.29, 0.717) is 23.6 Å². The van der Waals surface area contributed by atoms with Crippen molar-refractivity contribution in [1.29, 1.82) is 0 Å². The van der Waals surface area contributed by atoms with Gasteiger partial charge in [0.15, 0.2) is 12.7 Å². The number of hydrogen-bond donors (Lipinski definition) is 2.